The molecule has 32 heavy (non-hydrogen) atoms. The van der Waals surface area contributed by atoms with Gasteiger partial charge in [-0.25, -0.2) is 0 Å². The van der Waals surface area contributed by atoms with Gasteiger partial charge >= 0.3 is 0 Å². The fourth-order valence-corrected chi connectivity index (χ4v) is 7.95. The molecule has 6 rings (SSSR count). The summed E-state index contributed by atoms with van der Waals surface area (Å²) in [5.41, 5.74) is 4.05. The number of fused-ring (bicyclic) bond motifs is 5. The number of hydrogen-bond acceptors (Lipinski definition) is 4. The fourth-order valence-electron chi connectivity index (χ4n) is 7.95. The minimum Gasteiger partial charge on any atom is -0.497 e. The van der Waals surface area contributed by atoms with E-state index in [1.165, 1.54) is 16.7 Å². The van der Waals surface area contributed by atoms with Crippen LogP contribution in [0.4, 0.5) is 0 Å². The second-order valence-corrected chi connectivity index (χ2v) is 10.5. The van der Waals surface area contributed by atoms with Crippen molar-refractivity contribution in [3.63, 3.8) is 0 Å². The Morgan fingerprint density at radius 1 is 1.06 bits per heavy atom. The molecule has 5 aliphatic rings. The highest BCUT2D eigenvalue weighted by Gasteiger charge is 2.59. The Hall–Kier alpha value is -1.91. The lowest BCUT2D eigenvalue weighted by atomic mass is 9.50. The topological polar surface area (TPSA) is 44.8 Å². The minimum atomic E-state index is -0.406. The summed E-state index contributed by atoms with van der Waals surface area (Å²) in [5.74, 6) is 2.55. The molecule has 0 unspecified atom stereocenters. The first-order chi connectivity index (χ1) is 15.6. The zero-order valence-electron chi connectivity index (χ0n) is 19.3. The number of benzene rings is 1. The first kappa shape index (κ1) is 20.7. The van der Waals surface area contributed by atoms with Gasteiger partial charge in [-0.05, 0) is 66.7 Å². The lowest BCUT2D eigenvalue weighted by Gasteiger charge is -2.54. The highest BCUT2D eigenvalue weighted by Crippen LogP contribution is 2.64. The Bertz CT molecular complexity index is 968. The Balaban J connectivity index is 1.31. The molecule has 0 aromatic heterocycles. The Morgan fingerprint density at radius 3 is 2.56 bits per heavy atom. The molecule has 0 amide bonds. The van der Waals surface area contributed by atoms with Crippen molar-refractivity contribution in [1.82, 2.24) is 0 Å². The fraction of sp³-hybridized carbons (Fsp3) is 0.607. The van der Waals surface area contributed by atoms with Crippen LogP contribution in [-0.4, -0.2) is 31.9 Å². The molecule has 0 radical (unpaired) electrons. The van der Waals surface area contributed by atoms with Crippen LogP contribution < -0.4 is 4.74 Å². The second kappa shape index (κ2) is 7.56. The van der Waals surface area contributed by atoms with Crippen LogP contribution in [0.1, 0.15) is 57.4 Å². The molecule has 1 aromatic carbocycles. The molecule has 1 heterocycles. The number of Topliss-reactive ketones (excluding diaryl/α,β-unsaturated/α-hetero) is 1. The van der Waals surface area contributed by atoms with E-state index in [2.05, 4.69) is 31.2 Å². The van der Waals surface area contributed by atoms with E-state index in [1.54, 1.807) is 7.11 Å². The van der Waals surface area contributed by atoms with Gasteiger partial charge in [0.05, 0.1) is 20.3 Å². The van der Waals surface area contributed by atoms with Crippen LogP contribution in [0.3, 0.4) is 0 Å². The van der Waals surface area contributed by atoms with Crippen LogP contribution in [0.2, 0.25) is 0 Å². The lowest BCUT2D eigenvalue weighted by Crippen LogP contribution is -2.52. The number of methoxy groups -OCH3 is 1. The molecule has 3 fully saturated rings. The third-order valence-electron chi connectivity index (χ3n) is 9.38. The molecule has 4 aliphatic carbocycles. The highest BCUT2D eigenvalue weighted by atomic mass is 16.7. The molecule has 1 aliphatic heterocycles. The number of ketones is 1. The van der Waals surface area contributed by atoms with Gasteiger partial charge in [0.15, 0.2) is 5.79 Å². The van der Waals surface area contributed by atoms with E-state index in [1.807, 2.05) is 12.1 Å². The van der Waals surface area contributed by atoms with Gasteiger partial charge in [-0.1, -0.05) is 36.8 Å². The Kier molecular flexibility index (Phi) is 4.89. The van der Waals surface area contributed by atoms with Gasteiger partial charge in [-0.2, -0.15) is 0 Å². The van der Waals surface area contributed by atoms with Crippen LogP contribution in [0.5, 0.6) is 5.75 Å². The van der Waals surface area contributed by atoms with Gasteiger partial charge in [0.1, 0.15) is 11.5 Å². The number of carbonyl (C=O) groups excluding carboxylic acids is 1. The zero-order chi connectivity index (χ0) is 21.9. The number of ether oxygens (including phenoxy) is 3. The Labute approximate surface area is 191 Å². The van der Waals surface area contributed by atoms with E-state index >= 15 is 0 Å². The maximum atomic E-state index is 13.8. The maximum absolute atomic E-state index is 13.8. The average molecular weight is 435 g/mol. The van der Waals surface area contributed by atoms with Crippen molar-refractivity contribution in [2.45, 2.75) is 57.7 Å². The molecular formula is C28H34O4. The molecule has 1 aromatic rings. The molecule has 5 atom stereocenters. The van der Waals surface area contributed by atoms with Crippen LogP contribution >= 0.6 is 0 Å². The van der Waals surface area contributed by atoms with Gasteiger partial charge in [-0.15, -0.1) is 0 Å². The molecule has 1 saturated heterocycles. The summed E-state index contributed by atoms with van der Waals surface area (Å²) in [6.07, 6.45) is 11.5. The third kappa shape index (κ3) is 2.92. The molecule has 4 nitrogen and oxygen atoms in total. The van der Waals surface area contributed by atoms with E-state index in [-0.39, 0.29) is 11.3 Å². The van der Waals surface area contributed by atoms with E-state index in [4.69, 9.17) is 14.2 Å². The normalized spacial score (nSPS) is 37.4. The zero-order valence-corrected chi connectivity index (χ0v) is 19.3. The van der Waals surface area contributed by atoms with Crippen molar-refractivity contribution in [3.05, 3.63) is 47.6 Å². The number of allylic oxidation sites excluding steroid dienone is 3. The highest BCUT2D eigenvalue weighted by molar-refractivity contribution is 5.89. The number of hydrogen-bond donors (Lipinski definition) is 0. The van der Waals surface area contributed by atoms with Crippen molar-refractivity contribution >= 4 is 11.4 Å². The van der Waals surface area contributed by atoms with E-state index in [0.29, 0.717) is 43.2 Å². The SMILES string of the molecule is CC[C@]12CC(=O)[C@H]3[C@@H](CC=C4CC5(CC[C@@H]43)OCCO5)[C@@H]1CC=C2c1ccc(OC)cc1. The summed E-state index contributed by atoms with van der Waals surface area (Å²) in [6, 6.07) is 8.42. The smallest absolute Gasteiger partial charge is 0.172 e. The van der Waals surface area contributed by atoms with E-state index in [0.717, 1.165) is 44.3 Å². The van der Waals surface area contributed by atoms with Crippen molar-refractivity contribution in [1.29, 1.82) is 0 Å². The summed E-state index contributed by atoms with van der Waals surface area (Å²) < 4.78 is 17.4. The van der Waals surface area contributed by atoms with Crippen molar-refractivity contribution in [3.8, 4) is 5.75 Å². The van der Waals surface area contributed by atoms with Crippen molar-refractivity contribution < 1.29 is 19.0 Å². The first-order valence-corrected chi connectivity index (χ1v) is 12.4. The first-order valence-electron chi connectivity index (χ1n) is 12.4. The lowest BCUT2D eigenvalue weighted by molar-refractivity contribution is -0.177. The van der Waals surface area contributed by atoms with Gasteiger partial charge in [0, 0.05) is 30.6 Å². The molecule has 4 heteroatoms. The minimum absolute atomic E-state index is 0.0221. The van der Waals surface area contributed by atoms with Gasteiger partial charge < -0.3 is 14.2 Å². The van der Waals surface area contributed by atoms with Crippen molar-refractivity contribution in [2.24, 2.45) is 29.1 Å². The summed E-state index contributed by atoms with van der Waals surface area (Å²) in [5, 5.41) is 0. The van der Waals surface area contributed by atoms with E-state index in [9.17, 15) is 4.79 Å². The van der Waals surface area contributed by atoms with Crippen LogP contribution in [0, 0.1) is 29.1 Å². The standard InChI is InChI=1S/C28H34O4/c1-3-27-17-25(29)26-21-12-13-28(31-14-15-32-28)16-19(21)6-9-22(26)24(27)11-10-23(27)18-4-7-20(30-2)8-5-18/h4-8,10,21-22,24,26H,3,9,11-17H2,1-2H3/t21-,22-,24-,26+,27+/m0/s1. The molecule has 1 spiro atoms. The number of rotatable bonds is 3. The molecule has 170 valence electrons. The second-order valence-electron chi connectivity index (χ2n) is 10.5. The van der Waals surface area contributed by atoms with Gasteiger partial charge in [-0.3, -0.25) is 4.79 Å². The largest absolute Gasteiger partial charge is 0.497 e. The monoisotopic (exact) mass is 434 g/mol. The summed E-state index contributed by atoms with van der Waals surface area (Å²) in [4.78, 5) is 13.8. The third-order valence-corrected chi connectivity index (χ3v) is 9.38. The average Bonchev–Trinajstić information content (AvgIpc) is 3.43. The van der Waals surface area contributed by atoms with Crippen LogP contribution in [0.25, 0.3) is 5.57 Å². The van der Waals surface area contributed by atoms with E-state index < -0.39 is 5.79 Å². The maximum Gasteiger partial charge on any atom is 0.172 e. The predicted octanol–water partition coefficient (Wildman–Crippen LogP) is 5.57. The quantitative estimate of drug-likeness (QED) is 0.583. The van der Waals surface area contributed by atoms with Crippen LogP contribution in [0.15, 0.2) is 42.0 Å². The summed E-state index contributed by atoms with van der Waals surface area (Å²) in [6.45, 7) is 3.68. The molecular weight excluding hydrogens is 400 g/mol. The number of carbonyl (C=O) groups is 1. The Morgan fingerprint density at radius 2 is 1.84 bits per heavy atom. The summed E-state index contributed by atoms with van der Waals surface area (Å²) in [7, 11) is 1.70. The molecule has 2 saturated carbocycles. The van der Waals surface area contributed by atoms with Crippen LogP contribution in [-0.2, 0) is 14.3 Å². The summed E-state index contributed by atoms with van der Waals surface area (Å²) >= 11 is 0. The molecule has 0 N–H and O–H groups in total. The van der Waals surface area contributed by atoms with Crippen molar-refractivity contribution in [2.75, 3.05) is 20.3 Å². The molecule has 0 bridgehead atoms. The van der Waals surface area contributed by atoms with Gasteiger partial charge in [0.2, 0.25) is 0 Å². The predicted molar refractivity (Wildman–Crippen MR) is 123 cm³/mol. The van der Waals surface area contributed by atoms with Gasteiger partial charge in [0.25, 0.3) is 0 Å².